The van der Waals surface area contributed by atoms with E-state index in [2.05, 4.69) is 47.2 Å². The molecule has 0 radical (unpaired) electrons. The molecule has 1 saturated carbocycles. The van der Waals surface area contributed by atoms with Gasteiger partial charge in [-0.25, -0.2) is 0 Å². The fourth-order valence-electron chi connectivity index (χ4n) is 6.39. The Morgan fingerprint density at radius 2 is 1.97 bits per heavy atom. The molecule has 2 aliphatic carbocycles. The highest BCUT2D eigenvalue weighted by molar-refractivity contribution is 5.58. The molecule has 1 aromatic carbocycles. The van der Waals surface area contributed by atoms with Crippen LogP contribution in [0.1, 0.15) is 30.4 Å². The molecule has 1 fully saturated rings. The van der Waals surface area contributed by atoms with E-state index in [1.165, 1.54) is 5.57 Å². The van der Waals surface area contributed by atoms with Crippen molar-refractivity contribution in [3.8, 4) is 11.5 Å². The van der Waals surface area contributed by atoms with Crippen molar-refractivity contribution in [2.45, 2.75) is 36.6 Å². The summed E-state index contributed by atoms with van der Waals surface area (Å²) in [4.78, 5) is 6.35. The molecule has 0 bridgehead atoms. The largest absolute Gasteiger partial charge is 0.495 e. The van der Waals surface area contributed by atoms with Gasteiger partial charge in [0.1, 0.15) is 11.5 Å². The van der Waals surface area contributed by atoms with Crippen LogP contribution >= 0.6 is 0 Å². The quantitative estimate of drug-likeness (QED) is 0.731. The van der Waals surface area contributed by atoms with Gasteiger partial charge in [0.05, 0.1) is 31.2 Å². The second kappa shape index (κ2) is 7.97. The summed E-state index contributed by atoms with van der Waals surface area (Å²) in [5, 5.41) is 24.6. The van der Waals surface area contributed by atoms with Crippen molar-refractivity contribution in [2.75, 3.05) is 27.7 Å². The van der Waals surface area contributed by atoms with Crippen LogP contribution in [0.15, 0.2) is 66.5 Å². The van der Waals surface area contributed by atoms with Gasteiger partial charge in [-0.3, -0.25) is 4.98 Å². The highest BCUT2D eigenvalue weighted by Crippen LogP contribution is 2.68. The van der Waals surface area contributed by atoms with E-state index in [-0.39, 0.29) is 17.8 Å². The molecule has 6 atom stereocenters. The summed E-state index contributed by atoms with van der Waals surface area (Å²) in [7, 11) is 5.54. The minimum atomic E-state index is -1.67. The number of nitrogens with zero attached hydrogens (tertiary/aromatic N) is 2. The van der Waals surface area contributed by atoms with E-state index in [1.807, 2.05) is 32.3 Å². The van der Waals surface area contributed by atoms with Crippen LogP contribution in [0.25, 0.3) is 0 Å². The second-order valence-corrected chi connectivity index (χ2v) is 9.79. The van der Waals surface area contributed by atoms with Crippen LogP contribution in [0, 0.1) is 11.8 Å². The monoisotopic (exact) mass is 448 g/mol. The summed E-state index contributed by atoms with van der Waals surface area (Å²) in [6.45, 7) is 2.67. The van der Waals surface area contributed by atoms with Crippen molar-refractivity contribution in [3.63, 3.8) is 0 Å². The lowest BCUT2D eigenvalue weighted by atomic mass is 9.65. The van der Waals surface area contributed by atoms with Gasteiger partial charge in [0.25, 0.3) is 0 Å². The first kappa shape index (κ1) is 22.1. The lowest BCUT2D eigenvalue weighted by molar-refractivity contribution is -0.163. The third-order valence-corrected chi connectivity index (χ3v) is 7.65. The molecule has 1 aromatic heterocycles. The number of aliphatic hydroxyl groups excluding tert-OH is 1. The van der Waals surface area contributed by atoms with Crippen molar-refractivity contribution >= 4 is 0 Å². The first-order valence-corrected chi connectivity index (χ1v) is 11.5. The Morgan fingerprint density at radius 3 is 2.61 bits per heavy atom. The van der Waals surface area contributed by atoms with Crippen molar-refractivity contribution in [1.29, 1.82) is 0 Å². The molecule has 2 heterocycles. The molecule has 2 N–H and O–H groups in total. The smallest absolute Gasteiger partial charge is 0.164 e. The SMILES string of the molecule is COc1cncc2c1[C@]1(O)[C@H](O)[C@H](CN(C)C)[C@@H](c3ccccc3)[C@]1(C1C=CC(C)=CC1)O2. The van der Waals surface area contributed by atoms with E-state index in [0.717, 1.165) is 5.56 Å². The number of rotatable bonds is 5. The van der Waals surface area contributed by atoms with Crippen LogP contribution in [0.5, 0.6) is 11.5 Å². The molecule has 174 valence electrons. The van der Waals surface area contributed by atoms with Crippen LogP contribution in [0.3, 0.4) is 0 Å². The van der Waals surface area contributed by atoms with E-state index < -0.39 is 17.3 Å². The van der Waals surface area contributed by atoms with Crippen LogP contribution in [0.2, 0.25) is 0 Å². The Balaban J connectivity index is 1.80. The number of methoxy groups -OCH3 is 1. The van der Waals surface area contributed by atoms with Crippen LogP contribution in [0.4, 0.5) is 0 Å². The van der Waals surface area contributed by atoms with Gasteiger partial charge in [-0.15, -0.1) is 0 Å². The Bertz CT molecular complexity index is 1100. The minimum absolute atomic E-state index is 0.157. The van der Waals surface area contributed by atoms with Crippen molar-refractivity contribution in [1.82, 2.24) is 9.88 Å². The van der Waals surface area contributed by atoms with Crippen LogP contribution in [-0.2, 0) is 5.60 Å². The molecular weight excluding hydrogens is 416 g/mol. The number of aliphatic hydroxyl groups is 2. The zero-order valence-corrected chi connectivity index (χ0v) is 19.6. The molecule has 0 spiro atoms. The predicted molar refractivity (Wildman–Crippen MR) is 126 cm³/mol. The molecule has 6 nitrogen and oxygen atoms in total. The molecule has 5 rings (SSSR count). The van der Waals surface area contributed by atoms with Crippen LogP contribution < -0.4 is 9.47 Å². The zero-order chi connectivity index (χ0) is 23.4. The number of hydrogen-bond donors (Lipinski definition) is 2. The molecule has 6 heteroatoms. The molecule has 1 unspecified atom stereocenters. The Labute approximate surface area is 195 Å². The standard InChI is InChI=1S/C27H32N2O4/c1-17-10-12-19(13-11-17)27-23(18-8-6-5-7-9-18)20(16-29(2)3)25(30)26(27,31)24-21(32-4)14-28-15-22(24)33-27/h5-12,14-15,19-20,23,25,30-31H,13,16H2,1-4H3/t19?,20-,23-,25-,26+,27+/m1/s1. The summed E-state index contributed by atoms with van der Waals surface area (Å²) in [6.07, 6.45) is 9.24. The second-order valence-electron chi connectivity index (χ2n) is 9.79. The number of benzene rings is 1. The molecule has 0 saturated heterocycles. The molecule has 2 aromatic rings. The van der Waals surface area contributed by atoms with E-state index >= 15 is 0 Å². The van der Waals surface area contributed by atoms with Crippen LogP contribution in [-0.4, -0.2) is 59.6 Å². The topological polar surface area (TPSA) is 75.0 Å². The Hall–Kier alpha value is -2.67. The van der Waals surface area contributed by atoms with Gasteiger partial charge in [0.15, 0.2) is 11.2 Å². The number of hydrogen-bond acceptors (Lipinski definition) is 6. The molecule has 1 aliphatic heterocycles. The van der Waals surface area contributed by atoms with E-state index in [1.54, 1.807) is 19.5 Å². The number of allylic oxidation sites excluding steroid dienone is 3. The number of aromatic nitrogens is 1. The molecule has 0 amide bonds. The highest BCUT2D eigenvalue weighted by atomic mass is 16.5. The van der Waals surface area contributed by atoms with Gasteiger partial charge in [0.2, 0.25) is 0 Å². The summed E-state index contributed by atoms with van der Waals surface area (Å²) in [6, 6.07) is 10.1. The molecular formula is C27H32N2O4. The first-order chi connectivity index (χ1) is 15.8. The lowest BCUT2D eigenvalue weighted by Gasteiger charge is -2.45. The third-order valence-electron chi connectivity index (χ3n) is 7.65. The summed E-state index contributed by atoms with van der Waals surface area (Å²) in [5.41, 5.74) is -0.0825. The lowest BCUT2D eigenvalue weighted by Crippen LogP contribution is -2.58. The number of fused-ring (bicyclic) bond motifs is 3. The van der Waals surface area contributed by atoms with Gasteiger partial charge in [-0.1, -0.05) is 54.1 Å². The maximum atomic E-state index is 12.7. The molecule has 3 aliphatic rings. The third kappa shape index (κ3) is 3.01. The highest BCUT2D eigenvalue weighted by Gasteiger charge is 2.77. The maximum absolute atomic E-state index is 12.7. The first-order valence-electron chi connectivity index (χ1n) is 11.5. The maximum Gasteiger partial charge on any atom is 0.164 e. The number of pyridine rings is 1. The normalized spacial score (nSPS) is 34.6. The fraction of sp³-hybridized carbons (Fsp3) is 0.444. The van der Waals surface area contributed by atoms with Gasteiger partial charge >= 0.3 is 0 Å². The van der Waals surface area contributed by atoms with Crippen molar-refractivity contribution in [2.24, 2.45) is 11.8 Å². The van der Waals surface area contributed by atoms with Gasteiger partial charge in [0, 0.05) is 24.3 Å². The van der Waals surface area contributed by atoms with Gasteiger partial charge in [-0.05, 0) is 33.0 Å². The predicted octanol–water partition coefficient (Wildman–Crippen LogP) is 3.27. The fourth-order valence-corrected chi connectivity index (χ4v) is 6.39. The Kier molecular flexibility index (Phi) is 5.35. The number of ether oxygens (including phenoxy) is 2. The van der Waals surface area contributed by atoms with E-state index in [9.17, 15) is 10.2 Å². The summed E-state index contributed by atoms with van der Waals surface area (Å²) >= 11 is 0. The average Bonchev–Trinajstić information content (AvgIpc) is 3.18. The van der Waals surface area contributed by atoms with Gasteiger partial charge < -0.3 is 24.6 Å². The minimum Gasteiger partial charge on any atom is -0.495 e. The van der Waals surface area contributed by atoms with Crippen molar-refractivity contribution < 1.29 is 19.7 Å². The van der Waals surface area contributed by atoms with Crippen molar-refractivity contribution in [3.05, 3.63) is 77.7 Å². The van der Waals surface area contributed by atoms with E-state index in [4.69, 9.17) is 9.47 Å². The zero-order valence-electron chi connectivity index (χ0n) is 19.6. The summed E-state index contributed by atoms with van der Waals surface area (Å²) in [5.74, 6) is 0.216. The Morgan fingerprint density at radius 1 is 1.21 bits per heavy atom. The average molecular weight is 449 g/mol. The van der Waals surface area contributed by atoms with E-state index in [0.29, 0.717) is 30.0 Å². The molecule has 33 heavy (non-hydrogen) atoms. The van der Waals surface area contributed by atoms with Gasteiger partial charge in [-0.2, -0.15) is 0 Å². The summed E-state index contributed by atoms with van der Waals surface area (Å²) < 4.78 is 12.5.